The van der Waals surface area contributed by atoms with Crippen LogP contribution in [0.3, 0.4) is 0 Å². The molecule has 0 saturated carbocycles. The zero-order valence-electron chi connectivity index (χ0n) is 11.2. The van der Waals surface area contributed by atoms with Gasteiger partial charge >= 0.3 is 0 Å². The van der Waals surface area contributed by atoms with E-state index in [0.717, 1.165) is 5.76 Å². The van der Waals surface area contributed by atoms with Crippen LogP contribution in [0.1, 0.15) is 42.8 Å². The van der Waals surface area contributed by atoms with Crippen molar-refractivity contribution in [2.24, 2.45) is 0 Å². The first-order valence-corrected chi connectivity index (χ1v) is 6.24. The third kappa shape index (κ3) is 3.01. The Morgan fingerprint density at radius 3 is 2.47 bits per heavy atom. The lowest BCUT2D eigenvalue weighted by Crippen LogP contribution is -2.23. The molecule has 1 aromatic heterocycles. The van der Waals surface area contributed by atoms with Crippen LogP contribution in [0.5, 0.6) is 0 Å². The summed E-state index contributed by atoms with van der Waals surface area (Å²) in [6.45, 7) is 5.26. The summed E-state index contributed by atoms with van der Waals surface area (Å²) in [4.78, 5) is 0. The van der Waals surface area contributed by atoms with Gasteiger partial charge in [0.25, 0.3) is 0 Å². The van der Waals surface area contributed by atoms with Crippen molar-refractivity contribution < 1.29 is 13.2 Å². The number of rotatable bonds is 4. The van der Waals surface area contributed by atoms with Gasteiger partial charge in [-0.1, -0.05) is 0 Å². The maximum Gasteiger partial charge on any atom is 0.128 e. The van der Waals surface area contributed by atoms with Crippen molar-refractivity contribution in [2.45, 2.75) is 32.9 Å². The highest BCUT2D eigenvalue weighted by Crippen LogP contribution is 2.23. The van der Waals surface area contributed by atoms with Crippen LogP contribution in [0.4, 0.5) is 8.78 Å². The van der Waals surface area contributed by atoms with E-state index < -0.39 is 11.6 Å². The normalized spacial score (nSPS) is 14.4. The minimum atomic E-state index is -0.398. The maximum atomic E-state index is 13.8. The molecule has 0 fully saturated rings. The van der Waals surface area contributed by atoms with Gasteiger partial charge in [-0.25, -0.2) is 8.78 Å². The first-order chi connectivity index (χ1) is 8.99. The molecule has 2 nitrogen and oxygen atoms in total. The van der Waals surface area contributed by atoms with E-state index in [1.165, 1.54) is 12.1 Å². The van der Waals surface area contributed by atoms with Crippen LogP contribution >= 0.6 is 0 Å². The number of hydrogen-bond acceptors (Lipinski definition) is 2. The molecule has 0 bridgehead atoms. The van der Waals surface area contributed by atoms with Gasteiger partial charge in [-0.05, 0) is 50.6 Å². The molecule has 0 aliphatic rings. The highest BCUT2D eigenvalue weighted by molar-refractivity contribution is 5.27. The summed E-state index contributed by atoms with van der Waals surface area (Å²) < 4.78 is 32.6. The Balaban J connectivity index is 2.16. The molecule has 2 atom stereocenters. The number of nitrogens with one attached hydrogen (secondary N) is 1. The summed E-state index contributed by atoms with van der Waals surface area (Å²) in [5, 5.41) is 3.19. The zero-order valence-corrected chi connectivity index (χ0v) is 11.2. The predicted molar refractivity (Wildman–Crippen MR) is 69.8 cm³/mol. The molecular formula is C15H17F2NO. The average Bonchev–Trinajstić information content (AvgIpc) is 2.87. The highest BCUT2D eigenvalue weighted by Gasteiger charge is 2.17. The van der Waals surface area contributed by atoms with Crippen LogP contribution in [0.2, 0.25) is 0 Å². The monoisotopic (exact) mass is 265 g/mol. The molecule has 102 valence electrons. The molecule has 0 saturated heterocycles. The molecule has 0 amide bonds. The first-order valence-electron chi connectivity index (χ1n) is 6.24. The number of aryl methyl sites for hydroxylation is 1. The highest BCUT2D eigenvalue weighted by atomic mass is 19.1. The van der Waals surface area contributed by atoms with E-state index in [1.807, 2.05) is 13.0 Å². The Labute approximate surface area is 111 Å². The van der Waals surface area contributed by atoms with E-state index in [0.29, 0.717) is 11.1 Å². The van der Waals surface area contributed by atoms with E-state index in [-0.39, 0.29) is 12.1 Å². The van der Waals surface area contributed by atoms with E-state index in [1.54, 1.807) is 26.2 Å². The Bertz CT molecular complexity index is 552. The molecule has 0 aliphatic carbocycles. The molecular weight excluding hydrogens is 248 g/mol. The molecule has 1 unspecified atom stereocenters. The van der Waals surface area contributed by atoms with Gasteiger partial charge in [0.2, 0.25) is 0 Å². The van der Waals surface area contributed by atoms with Crippen molar-refractivity contribution in [3.63, 3.8) is 0 Å². The van der Waals surface area contributed by atoms with Gasteiger partial charge in [-0.15, -0.1) is 0 Å². The zero-order chi connectivity index (χ0) is 14.0. The molecule has 2 aromatic rings. The lowest BCUT2D eigenvalue weighted by atomic mass is 10.0. The summed E-state index contributed by atoms with van der Waals surface area (Å²) in [6.07, 6.45) is 1.59. The van der Waals surface area contributed by atoms with Gasteiger partial charge in [0, 0.05) is 11.6 Å². The number of benzene rings is 1. The van der Waals surface area contributed by atoms with Crippen LogP contribution in [-0.2, 0) is 0 Å². The summed E-state index contributed by atoms with van der Waals surface area (Å²) in [5.41, 5.74) is 0.633. The molecule has 2 rings (SSSR count). The van der Waals surface area contributed by atoms with Crippen LogP contribution in [0, 0.1) is 18.6 Å². The van der Waals surface area contributed by atoms with Crippen LogP contribution in [-0.4, -0.2) is 0 Å². The average molecular weight is 265 g/mol. The van der Waals surface area contributed by atoms with Crippen molar-refractivity contribution in [1.29, 1.82) is 0 Å². The fraction of sp³-hybridized carbons (Fsp3) is 0.333. The Kier molecular flexibility index (Phi) is 4.00. The van der Waals surface area contributed by atoms with Crippen molar-refractivity contribution in [3.8, 4) is 0 Å². The summed E-state index contributed by atoms with van der Waals surface area (Å²) >= 11 is 0. The molecule has 1 N–H and O–H groups in total. The summed E-state index contributed by atoms with van der Waals surface area (Å²) in [7, 11) is 0. The quantitative estimate of drug-likeness (QED) is 0.892. The Morgan fingerprint density at radius 2 is 1.84 bits per heavy atom. The van der Waals surface area contributed by atoms with Gasteiger partial charge in [-0.2, -0.15) is 0 Å². The number of furan rings is 1. The van der Waals surface area contributed by atoms with Crippen molar-refractivity contribution in [2.75, 3.05) is 0 Å². The second-order valence-corrected chi connectivity index (χ2v) is 4.75. The Hall–Kier alpha value is -1.68. The minimum Gasteiger partial charge on any atom is -0.468 e. The smallest absolute Gasteiger partial charge is 0.128 e. The van der Waals surface area contributed by atoms with Crippen molar-refractivity contribution in [1.82, 2.24) is 5.32 Å². The van der Waals surface area contributed by atoms with E-state index in [4.69, 9.17) is 4.42 Å². The van der Waals surface area contributed by atoms with Crippen LogP contribution < -0.4 is 5.32 Å². The standard InChI is InChI=1S/C15H17F2NO/c1-9-7-14(17)12(8-13(9)16)10(2)18-11(3)15-5-4-6-19-15/h4-8,10-11,18H,1-3H3/t10?,11-/m1/s1. The van der Waals surface area contributed by atoms with E-state index in [9.17, 15) is 8.78 Å². The molecule has 0 spiro atoms. The lowest BCUT2D eigenvalue weighted by molar-refractivity contribution is 0.396. The topological polar surface area (TPSA) is 25.2 Å². The lowest BCUT2D eigenvalue weighted by Gasteiger charge is -2.19. The van der Waals surface area contributed by atoms with Crippen LogP contribution in [0.25, 0.3) is 0 Å². The van der Waals surface area contributed by atoms with Crippen molar-refractivity contribution >= 4 is 0 Å². The summed E-state index contributed by atoms with van der Waals surface area (Å²) in [6, 6.07) is 5.72. The molecule has 1 aromatic carbocycles. The predicted octanol–water partition coefficient (Wildman–Crippen LogP) is 4.28. The molecule has 0 radical (unpaired) electrons. The van der Waals surface area contributed by atoms with E-state index >= 15 is 0 Å². The Morgan fingerprint density at radius 1 is 1.11 bits per heavy atom. The molecule has 0 aliphatic heterocycles. The largest absolute Gasteiger partial charge is 0.468 e. The fourth-order valence-electron chi connectivity index (χ4n) is 2.08. The van der Waals surface area contributed by atoms with E-state index in [2.05, 4.69) is 5.32 Å². The molecule has 1 heterocycles. The third-order valence-electron chi connectivity index (χ3n) is 3.21. The van der Waals surface area contributed by atoms with Crippen LogP contribution in [0.15, 0.2) is 34.9 Å². The van der Waals surface area contributed by atoms with Gasteiger partial charge in [0.05, 0.1) is 12.3 Å². The SMILES string of the molecule is Cc1cc(F)c(C(C)N[C@H](C)c2ccco2)cc1F. The molecule has 19 heavy (non-hydrogen) atoms. The minimum absolute atomic E-state index is 0.0752. The van der Waals surface area contributed by atoms with Gasteiger partial charge in [0.15, 0.2) is 0 Å². The maximum absolute atomic E-state index is 13.8. The van der Waals surface area contributed by atoms with Gasteiger partial charge < -0.3 is 9.73 Å². The third-order valence-corrected chi connectivity index (χ3v) is 3.21. The second kappa shape index (κ2) is 5.53. The number of halogens is 2. The first kappa shape index (κ1) is 13.7. The van der Waals surface area contributed by atoms with Gasteiger partial charge in [-0.3, -0.25) is 0 Å². The fourth-order valence-corrected chi connectivity index (χ4v) is 2.08. The molecule has 4 heteroatoms. The van der Waals surface area contributed by atoms with Gasteiger partial charge in [0.1, 0.15) is 17.4 Å². The van der Waals surface area contributed by atoms with Crippen molar-refractivity contribution in [3.05, 3.63) is 59.1 Å². The number of hydrogen-bond donors (Lipinski definition) is 1. The summed E-state index contributed by atoms with van der Waals surface area (Å²) in [5.74, 6) is -0.0268. The second-order valence-electron chi connectivity index (χ2n) is 4.75.